The fraction of sp³-hybridized carbons (Fsp3) is 0.684. The van der Waals surface area contributed by atoms with Gasteiger partial charge in [0, 0.05) is 0 Å². The predicted octanol–water partition coefficient (Wildman–Crippen LogP) is 2.60. The molecule has 3 aliphatic rings. The van der Waals surface area contributed by atoms with Crippen molar-refractivity contribution in [2.45, 2.75) is 76.6 Å². The van der Waals surface area contributed by atoms with E-state index in [0.717, 1.165) is 5.56 Å². The lowest BCUT2D eigenvalue weighted by Gasteiger charge is -2.29. The van der Waals surface area contributed by atoms with Crippen molar-refractivity contribution in [2.24, 2.45) is 0 Å². The maximum atomic E-state index is 6.22. The van der Waals surface area contributed by atoms with Crippen LogP contribution in [0.1, 0.15) is 33.3 Å². The van der Waals surface area contributed by atoms with Gasteiger partial charge in [-0.25, -0.2) is 0 Å². The number of hydrogen-bond donors (Lipinski definition) is 0. The zero-order valence-electron chi connectivity index (χ0n) is 15.1. The molecule has 2 unspecified atom stereocenters. The molecule has 4 rings (SSSR count). The first-order chi connectivity index (χ1) is 11.8. The van der Waals surface area contributed by atoms with E-state index in [4.69, 9.17) is 28.4 Å². The topological polar surface area (TPSA) is 55.4 Å². The van der Waals surface area contributed by atoms with E-state index in [1.54, 1.807) is 0 Å². The van der Waals surface area contributed by atoms with E-state index in [0.29, 0.717) is 13.2 Å². The molecule has 1 aromatic rings. The van der Waals surface area contributed by atoms with Crippen molar-refractivity contribution in [2.75, 3.05) is 6.61 Å². The van der Waals surface area contributed by atoms with Crippen LogP contribution in [0.3, 0.4) is 0 Å². The van der Waals surface area contributed by atoms with Gasteiger partial charge in [-0.1, -0.05) is 30.3 Å². The lowest BCUT2D eigenvalue weighted by Crippen LogP contribution is -2.44. The molecule has 0 aliphatic carbocycles. The lowest BCUT2D eigenvalue weighted by atomic mass is 10.1. The summed E-state index contributed by atoms with van der Waals surface area (Å²) in [6.07, 6.45) is -1.52. The monoisotopic (exact) mass is 350 g/mol. The highest BCUT2D eigenvalue weighted by Gasteiger charge is 2.58. The van der Waals surface area contributed by atoms with Crippen LogP contribution in [-0.4, -0.2) is 48.9 Å². The van der Waals surface area contributed by atoms with Crippen molar-refractivity contribution in [1.29, 1.82) is 0 Å². The van der Waals surface area contributed by atoms with Crippen LogP contribution < -0.4 is 0 Å². The highest BCUT2D eigenvalue weighted by molar-refractivity contribution is 5.13. The van der Waals surface area contributed by atoms with Gasteiger partial charge in [-0.05, 0) is 33.3 Å². The van der Waals surface area contributed by atoms with E-state index >= 15 is 0 Å². The molecular formula is C19H26O6. The van der Waals surface area contributed by atoms with Crippen molar-refractivity contribution in [1.82, 2.24) is 0 Å². The van der Waals surface area contributed by atoms with Crippen LogP contribution >= 0.6 is 0 Å². The Kier molecular flexibility index (Phi) is 4.38. The molecule has 3 aliphatic heterocycles. The maximum absolute atomic E-state index is 6.22. The molecule has 0 amide bonds. The second-order valence-electron chi connectivity index (χ2n) is 7.70. The standard InChI is InChI=1S/C19H26O6/c1-18(2)21-11-13(23-18)14-15(20-10-12-8-6-5-7-9-12)16-17(22-14)25-19(3,4)24-16/h5-9,13-17H,10-11H2,1-4H3/t13?,14?,15-,16+,17+/m0/s1. The molecule has 25 heavy (non-hydrogen) atoms. The number of fused-ring (bicyclic) bond motifs is 1. The van der Waals surface area contributed by atoms with Gasteiger partial charge in [0.2, 0.25) is 0 Å². The fourth-order valence-electron chi connectivity index (χ4n) is 3.64. The summed E-state index contributed by atoms with van der Waals surface area (Å²) in [5.74, 6) is -1.29. The number of hydrogen-bond acceptors (Lipinski definition) is 6. The molecule has 3 saturated heterocycles. The van der Waals surface area contributed by atoms with Gasteiger partial charge >= 0.3 is 0 Å². The molecule has 3 fully saturated rings. The van der Waals surface area contributed by atoms with Gasteiger partial charge in [-0.3, -0.25) is 0 Å². The molecule has 0 aromatic heterocycles. The molecule has 0 N–H and O–H groups in total. The molecule has 138 valence electrons. The molecule has 6 heteroatoms. The van der Waals surface area contributed by atoms with E-state index in [2.05, 4.69) is 0 Å². The molecule has 0 bridgehead atoms. The first-order valence-electron chi connectivity index (χ1n) is 8.81. The third-order valence-corrected chi connectivity index (χ3v) is 4.71. The van der Waals surface area contributed by atoms with Crippen LogP contribution in [0.4, 0.5) is 0 Å². The Morgan fingerprint density at radius 1 is 0.960 bits per heavy atom. The minimum absolute atomic E-state index is 0.211. The van der Waals surface area contributed by atoms with Crippen LogP contribution in [0, 0.1) is 0 Å². The summed E-state index contributed by atoms with van der Waals surface area (Å²) >= 11 is 0. The zero-order chi connectivity index (χ0) is 17.7. The molecule has 0 spiro atoms. The fourth-order valence-corrected chi connectivity index (χ4v) is 3.64. The normalized spacial score (nSPS) is 38.8. The van der Waals surface area contributed by atoms with Gasteiger partial charge in [-0.15, -0.1) is 0 Å². The van der Waals surface area contributed by atoms with E-state index in [-0.39, 0.29) is 24.4 Å². The third-order valence-electron chi connectivity index (χ3n) is 4.71. The van der Waals surface area contributed by atoms with Gasteiger partial charge in [0.1, 0.15) is 24.4 Å². The largest absolute Gasteiger partial charge is 0.368 e. The molecule has 1 aromatic carbocycles. The van der Waals surface area contributed by atoms with Gasteiger partial charge in [0.15, 0.2) is 17.9 Å². The van der Waals surface area contributed by atoms with Crippen LogP contribution in [0.2, 0.25) is 0 Å². The summed E-state index contributed by atoms with van der Waals surface area (Å²) in [6.45, 7) is 8.52. The summed E-state index contributed by atoms with van der Waals surface area (Å²) in [4.78, 5) is 0. The van der Waals surface area contributed by atoms with Crippen molar-refractivity contribution in [3.8, 4) is 0 Å². The van der Waals surface area contributed by atoms with Crippen LogP contribution in [0.5, 0.6) is 0 Å². The SMILES string of the molecule is CC1(C)OCC(C2O[C@@H]3OC(C)(C)O[C@@H]3[C@H]2OCc2ccccc2)O1. The van der Waals surface area contributed by atoms with Gasteiger partial charge < -0.3 is 28.4 Å². The minimum atomic E-state index is -0.680. The first kappa shape index (κ1) is 17.4. The van der Waals surface area contributed by atoms with Crippen LogP contribution in [-0.2, 0) is 35.0 Å². The number of rotatable bonds is 4. The number of ether oxygens (including phenoxy) is 6. The molecule has 0 saturated carbocycles. The Labute approximate surface area is 148 Å². The van der Waals surface area contributed by atoms with E-state index in [1.807, 2.05) is 58.0 Å². The summed E-state index contributed by atoms with van der Waals surface area (Å²) < 4.78 is 36.0. The van der Waals surface area contributed by atoms with Crippen molar-refractivity contribution in [3.05, 3.63) is 35.9 Å². The lowest BCUT2D eigenvalue weighted by molar-refractivity contribution is -0.236. The van der Waals surface area contributed by atoms with Crippen molar-refractivity contribution < 1.29 is 28.4 Å². The van der Waals surface area contributed by atoms with Crippen molar-refractivity contribution in [3.63, 3.8) is 0 Å². The average Bonchev–Trinajstić information content (AvgIpc) is 3.15. The quantitative estimate of drug-likeness (QED) is 0.832. The Balaban J connectivity index is 1.50. The van der Waals surface area contributed by atoms with E-state index < -0.39 is 17.9 Å². The van der Waals surface area contributed by atoms with Crippen LogP contribution in [0.15, 0.2) is 30.3 Å². The highest BCUT2D eigenvalue weighted by atomic mass is 16.8. The predicted molar refractivity (Wildman–Crippen MR) is 88.6 cm³/mol. The zero-order valence-corrected chi connectivity index (χ0v) is 15.1. The number of benzene rings is 1. The Bertz CT molecular complexity index is 601. The molecule has 3 heterocycles. The second kappa shape index (κ2) is 6.30. The molecule has 6 nitrogen and oxygen atoms in total. The summed E-state index contributed by atoms with van der Waals surface area (Å²) in [7, 11) is 0. The summed E-state index contributed by atoms with van der Waals surface area (Å²) in [6, 6.07) is 10.1. The van der Waals surface area contributed by atoms with Crippen LogP contribution in [0.25, 0.3) is 0 Å². The summed E-state index contributed by atoms with van der Waals surface area (Å²) in [5.41, 5.74) is 1.10. The van der Waals surface area contributed by atoms with Gasteiger partial charge in [-0.2, -0.15) is 0 Å². The third kappa shape index (κ3) is 3.60. The average molecular weight is 350 g/mol. The Morgan fingerprint density at radius 2 is 1.72 bits per heavy atom. The smallest absolute Gasteiger partial charge is 0.190 e. The van der Waals surface area contributed by atoms with E-state index in [1.165, 1.54) is 0 Å². The minimum Gasteiger partial charge on any atom is -0.368 e. The van der Waals surface area contributed by atoms with E-state index in [9.17, 15) is 0 Å². The summed E-state index contributed by atoms with van der Waals surface area (Å²) in [5, 5.41) is 0. The Hall–Kier alpha value is -1.02. The second-order valence-corrected chi connectivity index (χ2v) is 7.70. The molecular weight excluding hydrogens is 324 g/mol. The van der Waals surface area contributed by atoms with Gasteiger partial charge in [0.05, 0.1) is 13.2 Å². The molecule has 0 radical (unpaired) electrons. The Morgan fingerprint density at radius 3 is 2.40 bits per heavy atom. The van der Waals surface area contributed by atoms with Gasteiger partial charge in [0.25, 0.3) is 0 Å². The highest BCUT2D eigenvalue weighted by Crippen LogP contribution is 2.42. The first-order valence-corrected chi connectivity index (χ1v) is 8.81. The maximum Gasteiger partial charge on any atom is 0.190 e. The van der Waals surface area contributed by atoms with Crippen molar-refractivity contribution >= 4 is 0 Å². The molecule has 5 atom stereocenters.